The maximum Gasteiger partial charge on any atom is 0.411 e. The van der Waals surface area contributed by atoms with E-state index in [-0.39, 0.29) is 32.3 Å². The molecule has 2 bridgehead atoms. The number of ether oxygens (including phenoxy) is 2. The topological polar surface area (TPSA) is 201 Å². The molecular weight excluding hydrogens is 847 g/mol. The number of fused-ring (bicyclic) bond motifs is 16. The second-order valence-electron chi connectivity index (χ2n) is 15.4. The van der Waals surface area contributed by atoms with Crippen LogP contribution in [0.2, 0.25) is 0 Å². The van der Waals surface area contributed by atoms with Crippen LogP contribution in [-0.2, 0) is 61.0 Å². The molecular formula is C50H47N5O9S. The smallest absolute Gasteiger partial charge is 0.411 e. The number of carboxylic acid groups (broad SMARTS) is 1. The lowest BCUT2D eigenvalue weighted by atomic mass is 9.99. The van der Waals surface area contributed by atoms with E-state index in [1.165, 1.54) is 11.3 Å². The molecule has 2 aliphatic heterocycles. The van der Waals surface area contributed by atoms with Gasteiger partial charge in [-0.25, -0.2) is 9.59 Å². The van der Waals surface area contributed by atoms with Crippen molar-refractivity contribution in [1.82, 2.24) is 21.3 Å². The molecule has 65 heavy (non-hydrogen) atoms. The molecule has 0 aliphatic carbocycles. The van der Waals surface area contributed by atoms with Gasteiger partial charge >= 0.3 is 12.1 Å². The molecule has 5 amide bonds. The molecule has 8 rings (SSSR count). The molecule has 2 aliphatic rings. The standard InChI is InChI=1S/C50H47N5O9S/c56-45-31-63-39-23-15-34(16-24-39)28-44(49(60)61)55-47(58)41(26-32-8-3-1-4-9-32)53-46(57)42(54-48(59)43(52-45)29-40-12-7-25-65-40)27-33-13-17-36(18-14-33)37-19-21-38(22-20-37)51-50(62)64-30-35-10-5-2-6-11-35/h1-25,41-44H,26-31H2,(H,51,62)(H,52,56)(H,53,57)(H,54,59)(H,55,58)(H,60,61). The number of rotatable bonds is 11. The van der Waals surface area contributed by atoms with Crippen molar-refractivity contribution in [3.63, 3.8) is 0 Å². The highest BCUT2D eigenvalue weighted by molar-refractivity contribution is 7.09. The minimum atomic E-state index is -1.35. The summed E-state index contributed by atoms with van der Waals surface area (Å²) >= 11 is 1.41. The molecule has 332 valence electrons. The Morgan fingerprint density at radius 2 is 1.17 bits per heavy atom. The lowest BCUT2D eigenvalue weighted by molar-refractivity contribution is -0.142. The Bertz CT molecular complexity index is 2560. The second kappa shape index (κ2) is 22.0. The van der Waals surface area contributed by atoms with Crippen molar-refractivity contribution in [2.75, 3.05) is 11.9 Å². The van der Waals surface area contributed by atoms with Gasteiger partial charge in [0.25, 0.3) is 5.91 Å². The number of nitrogens with one attached hydrogen (secondary N) is 5. The summed E-state index contributed by atoms with van der Waals surface area (Å²) in [4.78, 5) is 81.7. The van der Waals surface area contributed by atoms with Crippen LogP contribution < -0.4 is 31.3 Å². The van der Waals surface area contributed by atoms with E-state index in [0.717, 1.165) is 21.6 Å². The Balaban J connectivity index is 1.13. The van der Waals surface area contributed by atoms with Gasteiger partial charge in [-0.3, -0.25) is 24.5 Å². The van der Waals surface area contributed by atoms with Crippen molar-refractivity contribution < 1.29 is 43.3 Å². The zero-order valence-corrected chi connectivity index (χ0v) is 35.9. The zero-order valence-electron chi connectivity index (χ0n) is 35.1. The van der Waals surface area contributed by atoms with Crippen molar-refractivity contribution >= 4 is 52.7 Å². The van der Waals surface area contributed by atoms with Crippen molar-refractivity contribution in [3.05, 3.63) is 178 Å². The molecule has 0 radical (unpaired) electrons. The minimum Gasteiger partial charge on any atom is -0.484 e. The first-order valence-corrected chi connectivity index (χ1v) is 21.8. The van der Waals surface area contributed by atoms with Gasteiger partial charge in [-0.15, -0.1) is 11.3 Å². The number of benzene rings is 5. The van der Waals surface area contributed by atoms with Gasteiger partial charge in [0.1, 0.15) is 36.5 Å². The summed E-state index contributed by atoms with van der Waals surface area (Å²) in [6.07, 6.45) is -0.520. The van der Waals surface area contributed by atoms with Crippen molar-refractivity contribution in [2.24, 2.45) is 0 Å². The normalized spacial score (nSPS) is 18.3. The molecule has 5 aromatic carbocycles. The van der Waals surface area contributed by atoms with Gasteiger partial charge in [0, 0.05) is 36.2 Å². The Labute approximate surface area is 379 Å². The summed E-state index contributed by atoms with van der Waals surface area (Å²) in [5, 5.41) is 25.8. The summed E-state index contributed by atoms with van der Waals surface area (Å²) in [6.45, 7) is -0.281. The lowest BCUT2D eigenvalue weighted by Crippen LogP contribution is -2.59. The number of carbonyl (C=O) groups is 6. The van der Waals surface area contributed by atoms with E-state index < -0.39 is 66.5 Å². The van der Waals surface area contributed by atoms with Crippen LogP contribution >= 0.6 is 11.3 Å². The van der Waals surface area contributed by atoms with Gasteiger partial charge in [0.05, 0.1) is 0 Å². The average Bonchev–Trinajstić information content (AvgIpc) is 3.84. The van der Waals surface area contributed by atoms with Gasteiger partial charge in [0.15, 0.2) is 6.61 Å². The van der Waals surface area contributed by atoms with Crippen LogP contribution in [0, 0.1) is 0 Å². The lowest BCUT2D eigenvalue weighted by Gasteiger charge is -2.26. The number of aliphatic carboxylic acids is 1. The number of carboxylic acids is 1. The SMILES string of the molecule is O=C1COc2ccc(cc2)CC(C(=O)O)NC(=O)C(Cc2ccccc2)NC(=O)C(Cc2ccc(-c3ccc(NC(=O)OCc4ccccc4)cc3)cc2)NC(=O)C(Cc2cccs2)N1. The number of carbonyl (C=O) groups excluding carboxylic acids is 5. The molecule has 6 aromatic rings. The number of thiophene rings is 1. The van der Waals surface area contributed by atoms with Gasteiger partial charge < -0.3 is 35.8 Å². The van der Waals surface area contributed by atoms with Crippen molar-refractivity contribution in [3.8, 4) is 16.9 Å². The maximum absolute atomic E-state index is 14.5. The highest BCUT2D eigenvalue weighted by Crippen LogP contribution is 2.23. The van der Waals surface area contributed by atoms with E-state index in [1.807, 2.05) is 90.3 Å². The summed E-state index contributed by atoms with van der Waals surface area (Å²) in [5.74, 6) is -3.58. The molecule has 0 fully saturated rings. The highest BCUT2D eigenvalue weighted by atomic mass is 32.1. The fraction of sp³-hybridized carbons (Fsp3) is 0.200. The van der Waals surface area contributed by atoms with E-state index in [0.29, 0.717) is 28.1 Å². The molecule has 15 heteroatoms. The summed E-state index contributed by atoms with van der Waals surface area (Å²) < 4.78 is 11.0. The Morgan fingerprint density at radius 3 is 1.75 bits per heavy atom. The molecule has 0 spiro atoms. The second-order valence-corrected chi connectivity index (χ2v) is 16.4. The van der Waals surface area contributed by atoms with Crippen LogP contribution in [0.5, 0.6) is 5.75 Å². The van der Waals surface area contributed by atoms with Gasteiger partial charge in [0.2, 0.25) is 17.7 Å². The predicted molar refractivity (Wildman–Crippen MR) is 245 cm³/mol. The average molecular weight is 894 g/mol. The van der Waals surface area contributed by atoms with Crippen LogP contribution in [0.4, 0.5) is 10.5 Å². The van der Waals surface area contributed by atoms with Gasteiger partial charge in [-0.1, -0.05) is 115 Å². The maximum atomic E-state index is 14.5. The molecule has 1 aromatic heterocycles. The van der Waals surface area contributed by atoms with Crippen LogP contribution in [0.3, 0.4) is 0 Å². The van der Waals surface area contributed by atoms with Crippen molar-refractivity contribution in [2.45, 2.75) is 56.5 Å². The third-order valence-electron chi connectivity index (χ3n) is 10.6. The zero-order chi connectivity index (χ0) is 45.5. The molecule has 0 saturated heterocycles. The quantitative estimate of drug-likeness (QED) is 0.0864. The number of hydrogen-bond donors (Lipinski definition) is 6. The van der Waals surface area contributed by atoms with E-state index in [9.17, 15) is 33.9 Å². The first-order valence-electron chi connectivity index (χ1n) is 20.9. The van der Waals surface area contributed by atoms with Crippen LogP contribution in [-0.4, -0.2) is 71.6 Å². The number of hydrogen-bond acceptors (Lipinski definition) is 9. The van der Waals surface area contributed by atoms with Crippen LogP contribution in [0.25, 0.3) is 11.1 Å². The molecule has 3 heterocycles. The first kappa shape index (κ1) is 45.3. The number of amides is 5. The Morgan fingerprint density at radius 1 is 0.615 bits per heavy atom. The summed E-state index contributed by atoms with van der Waals surface area (Å²) in [5.41, 5.74) is 5.05. The summed E-state index contributed by atoms with van der Waals surface area (Å²) in [7, 11) is 0. The Hall–Kier alpha value is -7.78. The van der Waals surface area contributed by atoms with Crippen LogP contribution in [0.15, 0.2) is 151 Å². The van der Waals surface area contributed by atoms with E-state index in [4.69, 9.17) is 9.47 Å². The largest absolute Gasteiger partial charge is 0.484 e. The summed E-state index contributed by atoms with van der Waals surface area (Å²) in [6, 6.07) is 38.1. The van der Waals surface area contributed by atoms with E-state index >= 15 is 0 Å². The molecule has 4 atom stereocenters. The van der Waals surface area contributed by atoms with Crippen molar-refractivity contribution in [1.29, 1.82) is 0 Å². The van der Waals surface area contributed by atoms with Crippen LogP contribution in [0.1, 0.15) is 27.1 Å². The van der Waals surface area contributed by atoms with E-state index in [2.05, 4.69) is 26.6 Å². The minimum absolute atomic E-state index is 0.0139. The predicted octanol–water partition coefficient (Wildman–Crippen LogP) is 5.85. The fourth-order valence-electron chi connectivity index (χ4n) is 7.16. The monoisotopic (exact) mass is 893 g/mol. The molecule has 14 nitrogen and oxygen atoms in total. The fourth-order valence-corrected chi connectivity index (χ4v) is 7.91. The third kappa shape index (κ3) is 13.4. The molecule has 0 saturated carbocycles. The number of anilines is 1. The van der Waals surface area contributed by atoms with Gasteiger partial charge in [-0.2, -0.15) is 0 Å². The first-order chi connectivity index (χ1) is 31.5. The highest BCUT2D eigenvalue weighted by Gasteiger charge is 2.32. The third-order valence-corrected chi connectivity index (χ3v) is 11.5. The van der Waals surface area contributed by atoms with E-state index in [1.54, 1.807) is 60.7 Å². The Kier molecular flexibility index (Phi) is 15.3. The van der Waals surface area contributed by atoms with Gasteiger partial charge in [-0.05, 0) is 69.1 Å². The molecule has 4 unspecified atom stereocenters. The molecule has 6 N–H and O–H groups in total.